The Bertz CT molecular complexity index is 1390. The number of amides is 1. The van der Waals surface area contributed by atoms with Crippen LogP contribution in [0, 0.1) is 11.3 Å². The second kappa shape index (κ2) is 10.7. The molecule has 1 N–H and O–H groups in total. The molecule has 4 rings (SSSR count). The quantitative estimate of drug-likeness (QED) is 0.448. The first kappa shape index (κ1) is 23.8. The van der Waals surface area contributed by atoms with E-state index in [1.165, 1.54) is 23.9 Å². The number of aromatic carboxylic acids is 1. The van der Waals surface area contributed by atoms with Gasteiger partial charge < -0.3 is 9.84 Å². The van der Waals surface area contributed by atoms with Crippen LogP contribution in [0.2, 0.25) is 0 Å². The number of ether oxygens (including phenoxy) is 1. The van der Waals surface area contributed by atoms with E-state index >= 15 is 0 Å². The minimum atomic E-state index is -1.04. The number of nitrogens with zero attached hydrogens (tertiary/aromatic N) is 3. The maximum absolute atomic E-state index is 13.1. The summed E-state index contributed by atoms with van der Waals surface area (Å²) in [7, 11) is 0. The maximum Gasteiger partial charge on any atom is 0.335 e. The molecule has 1 saturated heterocycles. The standard InChI is InChI=1S/C27H21N3O4S/c1-2-30-25(31)24(35-27(30)29-22-12-7-11-19(14-22)26(32)33)15-18-8-5-6-13-23(18)34-17-21-10-4-3-9-20(21)16-28/h3-15H,2,17H2,1H3,(H,32,33). The molecule has 0 atom stereocenters. The molecule has 8 heteroatoms. The van der Waals surface area contributed by atoms with Gasteiger partial charge in [-0.05, 0) is 55.1 Å². The van der Waals surface area contributed by atoms with Gasteiger partial charge in [0.15, 0.2) is 5.17 Å². The number of aliphatic imine (C=N–C) groups is 1. The monoisotopic (exact) mass is 483 g/mol. The van der Waals surface area contributed by atoms with Gasteiger partial charge in [0.2, 0.25) is 0 Å². The van der Waals surface area contributed by atoms with Crippen LogP contribution in [0.25, 0.3) is 6.08 Å². The second-order valence-corrected chi connectivity index (χ2v) is 8.51. The summed E-state index contributed by atoms with van der Waals surface area (Å²) >= 11 is 1.23. The minimum Gasteiger partial charge on any atom is -0.488 e. The van der Waals surface area contributed by atoms with Crippen LogP contribution >= 0.6 is 11.8 Å². The smallest absolute Gasteiger partial charge is 0.335 e. The van der Waals surface area contributed by atoms with E-state index in [1.54, 1.807) is 35.2 Å². The van der Waals surface area contributed by atoms with Crippen LogP contribution in [-0.2, 0) is 11.4 Å². The highest BCUT2D eigenvalue weighted by atomic mass is 32.2. The van der Waals surface area contributed by atoms with Gasteiger partial charge >= 0.3 is 5.97 Å². The third-order valence-corrected chi connectivity index (χ3v) is 6.26. The van der Waals surface area contributed by atoms with Crippen LogP contribution in [0.5, 0.6) is 5.75 Å². The number of hydrogen-bond acceptors (Lipinski definition) is 6. The van der Waals surface area contributed by atoms with Crippen LogP contribution in [0.4, 0.5) is 5.69 Å². The van der Waals surface area contributed by atoms with Gasteiger partial charge in [-0.15, -0.1) is 0 Å². The molecule has 1 amide bonds. The lowest BCUT2D eigenvalue weighted by Gasteiger charge is -2.12. The SMILES string of the molecule is CCN1C(=O)C(=Cc2ccccc2OCc2ccccc2C#N)SC1=Nc1cccc(C(=O)O)c1. The summed E-state index contributed by atoms with van der Waals surface area (Å²) in [5.74, 6) is -0.636. The number of para-hydroxylation sites is 1. The van der Waals surface area contributed by atoms with Gasteiger partial charge in [-0.25, -0.2) is 9.79 Å². The normalized spacial score (nSPS) is 15.4. The molecule has 1 aliphatic heterocycles. The van der Waals surface area contributed by atoms with Crippen LogP contribution in [0.15, 0.2) is 82.7 Å². The van der Waals surface area contributed by atoms with Crippen molar-refractivity contribution < 1.29 is 19.4 Å². The van der Waals surface area contributed by atoms with Crippen LogP contribution in [-0.4, -0.2) is 33.6 Å². The maximum atomic E-state index is 13.1. The van der Waals surface area contributed by atoms with E-state index in [9.17, 15) is 20.0 Å². The van der Waals surface area contributed by atoms with Gasteiger partial charge in [-0.2, -0.15) is 5.26 Å². The van der Waals surface area contributed by atoms with E-state index in [1.807, 2.05) is 43.3 Å². The number of thioether (sulfide) groups is 1. The third kappa shape index (κ3) is 5.42. The molecule has 0 radical (unpaired) electrons. The molecule has 0 saturated carbocycles. The summed E-state index contributed by atoms with van der Waals surface area (Å²) in [4.78, 5) is 30.9. The molecule has 0 aliphatic carbocycles. The number of likely N-dealkylation sites (N-methyl/N-ethyl adjacent to an activating group) is 1. The van der Waals surface area contributed by atoms with Crippen molar-refractivity contribution in [1.82, 2.24) is 4.90 Å². The lowest BCUT2D eigenvalue weighted by atomic mass is 10.1. The van der Waals surface area contributed by atoms with Gasteiger partial charge in [0.1, 0.15) is 12.4 Å². The zero-order valence-corrected chi connectivity index (χ0v) is 19.7. The molecular weight excluding hydrogens is 462 g/mol. The fourth-order valence-electron chi connectivity index (χ4n) is 3.47. The third-order valence-electron chi connectivity index (χ3n) is 5.25. The molecule has 0 unspecified atom stereocenters. The number of amidine groups is 1. The van der Waals surface area contributed by atoms with E-state index in [0.717, 1.165) is 11.1 Å². The van der Waals surface area contributed by atoms with E-state index < -0.39 is 5.97 Å². The number of rotatable bonds is 7. The zero-order chi connectivity index (χ0) is 24.8. The molecule has 0 bridgehead atoms. The van der Waals surface area contributed by atoms with Gasteiger partial charge in [-0.3, -0.25) is 9.69 Å². The lowest BCUT2D eigenvalue weighted by Crippen LogP contribution is -2.28. The number of carbonyl (C=O) groups excluding carboxylic acids is 1. The molecule has 7 nitrogen and oxygen atoms in total. The fraction of sp³-hybridized carbons (Fsp3) is 0.111. The summed E-state index contributed by atoms with van der Waals surface area (Å²) in [6.45, 7) is 2.50. The number of benzene rings is 3. The Balaban J connectivity index is 1.60. The van der Waals surface area contributed by atoms with E-state index in [4.69, 9.17) is 4.74 Å². The predicted octanol–water partition coefficient (Wildman–Crippen LogP) is 5.46. The average molecular weight is 484 g/mol. The average Bonchev–Trinajstić information content (AvgIpc) is 3.17. The van der Waals surface area contributed by atoms with Crippen molar-refractivity contribution in [3.8, 4) is 11.8 Å². The van der Waals surface area contributed by atoms with Crippen molar-refractivity contribution in [2.45, 2.75) is 13.5 Å². The predicted molar refractivity (Wildman–Crippen MR) is 135 cm³/mol. The Hall–Kier alpha value is -4.35. The van der Waals surface area contributed by atoms with Crippen molar-refractivity contribution in [2.75, 3.05) is 6.54 Å². The van der Waals surface area contributed by atoms with E-state index in [0.29, 0.717) is 33.6 Å². The van der Waals surface area contributed by atoms with Gasteiger partial charge in [0.05, 0.1) is 27.8 Å². The van der Waals surface area contributed by atoms with Crippen LogP contribution in [0.1, 0.15) is 34.0 Å². The Morgan fingerprint density at radius 3 is 2.69 bits per heavy atom. The topological polar surface area (TPSA) is 103 Å². The molecule has 3 aromatic carbocycles. The van der Waals surface area contributed by atoms with Crippen molar-refractivity contribution in [3.05, 3.63) is 100.0 Å². The fourth-order valence-corrected chi connectivity index (χ4v) is 4.53. The van der Waals surface area contributed by atoms with Crippen LogP contribution < -0.4 is 4.74 Å². The first-order valence-corrected chi connectivity index (χ1v) is 11.6. The molecule has 1 aliphatic rings. The summed E-state index contributed by atoms with van der Waals surface area (Å²) in [6.07, 6.45) is 1.76. The first-order valence-electron chi connectivity index (χ1n) is 10.8. The molecule has 3 aromatic rings. The molecule has 174 valence electrons. The van der Waals surface area contributed by atoms with Crippen molar-refractivity contribution >= 4 is 40.6 Å². The first-order chi connectivity index (χ1) is 17.0. The van der Waals surface area contributed by atoms with Crippen molar-refractivity contribution in [1.29, 1.82) is 5.26 Å². The molecule has 1 fully saturated rings. The van der Waals surface area contributed by atoms with Gasteiger partial charge in [-0.1, -0.05) is 42.5 Å². The largest absolute Gasteiger partial charge is 0.488 e. The highest BCUT2D eigenvalue weighted by Crippen LogP contribution is 2.35. The minimum absolute atomic E-state index is 0.129. The van der Waals surface area contributed by atoms with E-state index in [-0.39, 0.29) is 18.1 Å². The lowest BCUT2D eigenvalue weighted by molar-refractivity contribution is -0.122. The highest BCUT2D eigenvalue weighted by Gasteiger charge is 2.32. The molecule has 0 spiro atoms. The number of hydrogen-bond donors (Lipinski definition) is 1. The molecular formula is C27H21N3O4S. The van der Waals surface area contributed by atoms with E-state index in [2.05, 4.69) is 11.1 Å². The second-order valence-electron chi connectivity index (χ2n) is 7.51. The number of carbonyl (C=O) groups is 2. The van der Waals surface area contributed by atoms with Gasteiger partial charge in [0, 0.05) is 17.7 Å². The number of nitriles is 1. The highest BCUT2D eigenvalue weighted by molar-refractivity contribution is 8.18. The Morgan fingerprint density at radius 2 is 1.91 bits per heavy atom. The molecule has 0 aromatic heterocycles. The molecule has 1 heterocycles. The van der Waals surface area contributed by atoms with Crippen molar-refractivity contribution in [2.24, 2.45) is 4.99 Å². The summed E-state index contributed by atoms with van der Waals surface area (Å²) in [6, 6.07) is 23.1. The Kier molecular flexibility index (Phi) is 7.29. The Labute approximate surface area is 207 Å². The van der Waals surface area contributed by atoms with Crippen LogP contribution in [0.3, 0.4) is 0 Å². The van der Waals surface area contributed by atoms with Crippen molar-refractivity contribution in [3.63, 3.8) is 0 Å². The summed E-state index contributed by atoms with van der Waals surface area (Å²) < 4.78 is 6.01. The molecule has 35 heavy (non-hydrogen) atoms. The summed E-state index contributed by atoms with van der Waals surface area (Å²) in [5, 5.41) is 19.0. The zero-order valence-electron chi connectivity index (χ0n) is 18.8. The summed E-state index contributed by atoms with van der Waals surface area (Å²) in [5.41, 5.74) is 2.64. The number of carboxylic acid groups (broad SMARTS) is 1. The number of carboxylic acids is 1. The van der Waals surface area contributed by atoms with Gasteiger partial charge in [0.25, 0.3) is 5.91 Å². The Morgan fingerprint density at radius 1 is 1.14 bits per heavy atom.